The van der Waals surface area contributed by atoms with E-state index in [9.17, 15) is 40.9 Å². The average Bonchev–Trinajstić information content (AvgIpc) is 2.87. The Morgan fingerprint density at radius 1 is 1.22 bits per heavy atom. The topological polar surface area (TPSA) is 201 Å². The van der Waals surface area contributed by atoms with Crippen molar-refractivity contribution in [3.05, 3.63) is 24.6 Å². The molecular weight excluding hydrogens is 521 g/mol. The lowest BCUT2D eigenvalue weighted by molar-refractivity contribution is -0.256. The third-order valence-corrected chi connectivity index (χ3v) is 7.54. The van der Waals surface area contributed by atoms with Crippen LogP contribution in [0.15, 0.2) is 24.6 Å². The molecule has 0 spiro atoms. The second-order valence-corrected chi connectivity index (χ2v) is 10.7. The first-order valence-electron chi connectivity index (χ1n) is 7.91. The first kappa shape index (κ1) is 27.1. The van der Waals surface area contributed by atoms with Crippen LogP contribution in [0, 0.1) is 0 Å². The first-order valence-corrected chi connectivity index (χ1v) is 12.4. The van der Waals surface area contributed by atoms with Crippen LogP contribution in [-0.4, -0.2) is 61.3 Å². The molecule has 5 atom stereocenters. The summed E-state index contributed by atoms with van der Waals surface area (Å²) in [6.45, 7) is 2.00. The molecule has 1 fully saturated rings. The van der Waals surface area contributed by atoms with Crippen LogP contribution in [0.2, 0.25) is 0 Å². The summed E-state index contributed by atoms with van der Waals surface area (Å²) in [7, 11) is -17.2. The largest absolute Gasteiger partial charge is 0.490 e. The number of nitrogens with one attached hydrogen (secondary N) is 1. The zero-order chi connectivity index (χ0) is 24.8. The van der Waals surface area contributed by atoms with Gasteiger partial charge in [-0.25, -0.2) is 22.9 Å². The van der Waals surface area contributed by atoms with Crippen LogP contribution in [0.25, 0.3) is 0 Å². The predicted molar refractivity (Wildman–Crippen MR) is 91.6 cm³/mol. The Morgan fingerprint density at radius 3 is 2.31 bits per heavy atom. The van der Waals surface area contributed by atoms with Crippen molar-refractivity contribution in [2.24, 2.45) is 0 Å². The van der Waals surface area contributed by atoms with Gasteiger partial charge in [0, 0.05) is 18.3 Å². The van der Waals surface area contributed by atoms with Crippen molar-refractivity contribution >= 4 is 29.5 Å². The highest BCUT2D eigenvalue weighted by Gasteiger charge is 2.68. The maximum atomic E-state index is 14.9. The normalized spacial score (nSPS) is 30.7. The zero-order valence-corrected chi connectivity index (χ0v) is 18.0. The number of nitrogens with zero attached hydrogens (tertiary/aromatic N) is 1. The molecule has 0 saturated carbocycles. The second-order valence-electron chi connectivity index (χ2n) is 6.24. The van der Waals surface area contributed by atoms with Gasteiger partial charge in [0.2, 0.25) is 0 Å². The summed E-state index contributed by atoms with van der Waals surface area (Å²) in [6.07, 6.45) is -9.84. The minimum atomic E-state index is -5.87. The predicted octanol–water partition coefficient (Wildman–Crippen LogP) is 1.77. The molecular formula is C11H15F4N2O12P3. The summed E-state index contributed by atoms with van der Waals surface area (Å²) in [6, 6.07) is -1.22. The Morgan fingerprint density at radius 2 is 1.81 bits per heavy atom. The third-order valence-electron chi connectivity index (χ3n) is 3.74. The average molecular weight is 536 g/mol. The van der Waals surface area contributed by atoms with E-state index in [2.05, 4.69) is 19.7 Å². The van der Waals surface area contributed by atoms with Crippen molar-refractivity contribution in [2.75, 3.05) is 6.61 Å². The van der Waals surface area contributed by atoms with Gasteiger partial charge < -0.3 is 29.6 Å². The van der Waals surface area contributed by atoms with Crippen LogP contribution < -0.4 is 5.32 Å². The minimum Gasteiger partial charge on any atom is -0.348 e. The Hall–Kier alpha value is -1.16. The molecule has 2 unspecified atom stereocenters. The number of amides is 2. The van der Waals surface area contributed by atoms with Crippen molar-refractivity contribution in [1.82, 2.24) is 10.2 Å². The van der Waals surface area contributed by atoms with Gasteiger partial charge in [0.1, 0.15) is 0 Å². The highest BCUT2D eigenvalue weighted by Crippen LogP contribution is 2.66. The van der Waals surface area contributed by atoms with Gasteiger partial charge in [-0.05, 0) is 6.08 Å². The van der Waals surface area contributed by atoms with Crippen molar-refractivity contribution < 1.29 is 73.5 Å². The van der Waals surface area contributed by atoms with Gasteiger partial charge in [-0.15, -0.1) is 0 Å². The Labute approximate surface area is 175 Å². The number of halogens is 4. The van der Waals surface area contributed by atoms with E-state index in [1.165, 1.54) is 0 Å². The van der Waals surface area contributed by atoms with E-state index in [0.717, 1.165) is 12.3 Å². The van der Waals surface area contributed by atoms with Crippen molar-refractivity contribution in [1.29, 1.82) is 0 Å². The number of hydrogen-bond acceptors (Lipinski definition) is 8. The van der Waals surface area contributed by atoms with Gasteiger partial charge in [0.25, 0.3) is 5.67 Å². The number of urea groups is 1. The van der Waals surface area contributed by atoms with E-state index >= 15 is 0 Å². The Balaban J connectivity index is 2.15. The molecule has 0 aromatic rings. The summed E-state index contributed by atoms with van der Waals surface area (Å²) in [4.78, 5) is 47.4. The summed E-state index contributed by atoms with van der Waals surface area (Å²) >= 11 is 0. The van der Waals surface area contributed by atoms with Gasteiger partial charge in [0.05, 0.1) is 12.7 Å². The SMILES string of the molecule is C=C1C=CN([C@@H]2O[C@H](COP(=O)(O)OP(=O)(O)OP(=O)(O)O)C[C@]2(F)C(F)(F)F)C(=O)N1. The number of carbonyl (C=O) groups is 1. The number of carbonyl (C=O) groups excluding carboxylic acids is 1. The van der Waals surface area contributed by atoms with E-state index in [0.29, 0.717) is 0 Å². The number of phosphoric acid groups is 3. The van der Waals surface area contributed by atoms with Gasteiger partial charge in [-0.1, -0.05) is 6.58 Å². The fraction of sp³-hybridized carbons (Fsp3) is 0.545. The molecule has 0 bridgehead atoms. The molecule has 14 nitrogen and oxygen atoms in total. The molecule has 0 radical (unpaired) electrons. The fourth-order valence-corrected chi connectivity index (χ4v) is 5.61. The van der Waals surface area contributed by atoms with Crippen molar-refractivity contribution in [3.63, 3.8) is 0 Å². The molecule has 21 heteroatoms. The van der Waals surface area contributed by atoms with E-state index in [-0.39, 0.29) is 10.6 Å². The van der Waals surface area contributed by atoms with E-state index in [1.807, 2.05) is 5.32 Å². The van der Waals surface area contributed by atoms with Crippen LogP contribution in [0.1, 0.15) is 6.42 Å². The number of allylic oxidation sites excluding steroid dienone is 1. The molecule has 0 aromatic carbocycles. The van der Waals surface area contributed by atoms with Gasteiger partial charge in [0.15, 0.2) is 6.23 Å². The van der Waals surface area contributed by atoms with Crippen molar-refractivity contribution in [2.45, 2.75) is 30.6 Å². The Kier molecular flexibility index (Phi) is 7.52. The summed E-state index contributed by atoms with van der Waals surface area (Å²) in [5.41, 5.74) is -4.18. The monoisotopic (exact) mass is 536 g/mol. The number of alkyl halides is 4. The standard InChI is InChI=1S/C11H15F4N2O12P3/c1-6-2-3-17(9(18)16-6)8-10(12,11(13,14)15)4-7(27-8)5-26-31(22,23)29-32(24,25)28-30(19,20)21/h2-3,7-8H,1,4-5H2,(H,16,18)(H,22,23)(H,24,25)(H2,19,20,21)/t7-,8+,10+/m0/s1. The number of phosphoric ester groups is 1. The summed E-state index contributed by atoms with van der Waals surface area (Å²) in [5.74, 6) is 0. The lowest BCUT2D eigenvalue weighted by Crippen LogP contribution is -2.57. The minimum absolute atomic E-state index is 0.00933. The highest BCUT2D eigenvalue weighted by atomic mass is 31.3. The quantitative estimate of drug-likeness (QED) is 0.223. The summed E-state index contributed by atoms with van der Waals surface area (Å²) in [5, 5.41) is 2.03. The van der Waals surface area contributed by atoms with E-state index in [4.69, 9.17) is 19.4 Å². The zero-order valence-electron chi connectivity index (χ0n) is 15.3. The molecule has 2 heterocycles. The van der Waals surface area contributed by atoms with Crippen molar-refractivity contribution in [3.8, 4) is 0 Å². The molecule has 0 aromatic heterocycles. The molecule has 2 amide bonds. The molecule has 0 aliphatic carbocycles. The molecule has 5 N–H and O–H groups in total. The lowest BCUT2D eigenvalue weighted by atomic mass is 9.98. The maximum absolute atomic E-state index is 14.9. The summed E-state index contributed by atoms with van der Waals surface area (Å²) < 4.78 is 104. The van der Waals surface area contributed by atoms with Crippen LogP contribution >= 0.6 is 23.5 Å². The number of ether oxygens (including phenoxy) is 1. The highest BCUT2D eigenvalue weighted by molar-refractivity contribution is 7.66. The van der Waals surface area contributed by atoms with Gasteiger partial charge >= 0.3 is 35.7 Å². The van der Waals surface area contributed by atoms with Gasteiger partial charge in [-0.3, -0.25) is 9.42 Å². The number of hydrogen-bond donors (Lipinski definition) is 5. The maximum Gasteiger partial charge on any atom is 0.490 e. The lowest BCUT2D eigenvalue weighted by Gasteiger charge is -2.35. The fourth-order valence-electron chi connectivity index (χ4n) is 2.56. The Bertz CT molecular complexity index is 953. The smallest absolute Gasteiger partial charge is 0.348 e. The molecule has 2 aliphatic rings. The van der Waals surface area contributed by atoms with E-state index < -0.39 is 66.7 Å². The second kappa shape index (κ2) is 8.89. The molecule has 1 saturated heterocycles. The molecule has 2 aliphatic heterocycles. The number of rotatable bonds is 8. The molecule has 184 valence electrons. The third kappa shape index (κ3) is 6.68. The van der Waals surface area contributed by atoms with Gasteiger partial charge in [-0.2, -0.15) is 21.8 Å². The van der Waals surface area contributed by atoms with Crippen LogP contribution in [0.5, 0.6) is 0 Å². The molecule has 32 heavy (non-hydrogen) atoms. The van der Waals surface area contributed by atoms with Crippen LogP contribution in [-0.2, 0) is 31.6 Å². The molecule has 2 rings (SSSR count). The van der Waals surface area contributed by atoms with Crippen LogP contribution in [0.3, 0.4) is 0 Å². The van der Waals surface area contributed by atoms with E-state index in [1.54, 1.807) is 0 Å². The van der Waals surface area contributed by atoms with Crippen LogP contribution in [0.4, 0.5) is 22.4 Å². The first-order chi connectivity index (χ1) is 14.2.